The standard InChI is InChI=1S/C27H19N3O3S/c31-25(20-13-12-17-6-1-2-7-18(17)14-20)30-27(34)29-22-10-5-9-21(16-22)28-26(32)24-15-19-8-3-4-11-23(19)33-24/h1-16H,(H,28,32)(H2,29,30,31,34). The summed E-state index contributed by atoms with van der Waals surface area (Å²) in [5.74, 6) is -0.448. The topological polar surface area (TPSA) is 83.4 Å². The molecule has 3 N–H and O–H groups in total. The lowest BCUT2D eigenvalue weighted by molar-refractivity contribution is 0.0975. The Bertz CT molecular complexity index is 1520. The average molecular weight is 466 g/mol. The number of anilines is 2. The molecule has 7 heteroatoms. The van der Waals surface area contributed by atoms with Crippen LogP contribution in [0.4, 0.5) is 11.4 Å². The van der Waals surface area contributed by atoms with E-state index in [9.17, 15) is 9.59 Å². The third-order valence-electron chi connectivity index (χ3n) is 5.27. The molecule has 0 fully saturated rings. The van der Waals surface area contributed by atoms with Crippen molar-refractivity contribution in [1.82, 2.24) is 5.32 Å². The third-order valence-corrected chi connectivity index (χ3v) is 5.47. The van der Waals surface area contributed by atoms with Crippen molar-refractivity contribution in [2.45, 2.75) is 0 Å². The van der Waals surface area contributed by atoms with Gasteiger partial charge in [0, 0.05) is 22.3 Å². The van der Waals surface area contributed by atoms with E-state index in [0.29, 0.717) is 22.5 Å². The molecule has 0 radical (unpaired) electrons. The second kappa shape index (κ2) is 9.17. The number of rotatable bonds is 4. The van der Waals surface area contributed by atoms with E-state index in [1.165, 1.54) is 0 Å². The summed E-state index contributed by atoms with van der Waals surface area (Å²) in [6, 6.07) is 29.4. The van der Waals surface area contributed by atoms with Gasteiger partial charge in [-0.2, -0.15) is 0 Å². The van der Waals surface area contributed by atoms with Crippen molar-refractivity contribution >= 4 is 62.3 Å². The van der Waals surface area contributed by atoms with Gasteiger partial charge in [-0.05, 0) is 65.5 Å². The van der Waals surface area contributed by atoms with Gasteiger partial charge in [-0.1, -0.05) is 54.6 Å². The van der Waals surface area contributed by atoms with Crippen LogP contribution in [0, 0.1) is 0 Å². The van der Waals surface area contributed by atoms with Crippen LogP contribution in [0.2, 0.25) is 0 Å². The molecule has 34 heavy (non-hydrogen) atoms. The number of nitrogens with one attached hydrogen (secondary N) is 3. The smallest absolute Gasteiger partial charge is 0.291 e. The molecular weight excluding hydrogens is 446 g/mol. The van der Waals surface area contributed by atoms with Crippen molar-refractivity contribution in [3.8, 4) is 0 Å². The van der Waals surface area contributed by atoms with Gasteiger partial charge >= 0.3 is 0 Å². The quantitative estimate of drug-likeness (QED) is 0.285. The molecule has 1 aromatic heterocycles. The van der Waals surface area contributed by atoms with Crippen molar-refractivity contribution < 1.29 is 14.0 Å². The minimum atomic E-state index is -0.361. The van der Waals surface area contributed by atoms with E-state index in [1.807, 2.05) is 60.7 Å². The lowest BCUT2D eigenvalue weighted by atomic mass is 10.1. The van der Waals surface area contributed by atoms with Crippen molar-refractivity contribution in [3.63, 3.8) is 0 Å². The second-order valence-electron chi connectivity index (χ2n) is 7.65. The first kappa shape index (κ1) is 21.4. The van der Waals surface area contributed by atoms with E-state index in [-0.39, 0.29) is 22.7 Å². The Labute approximate surface area is 200 Å². The van der Waals surface area contributed by atoms with Crippen LogP contribution in [-0.4, -0.2) is 16.9 Å². The summed E-state index contributed by atoms with van der Waals surface area (Å²) in [5.41, 5.74) is 2.33. The highest BCUT2D eigenvalue weighted by atomic mass is 32.1. The van der Waals surface area contributed by atoms with Crippen LogP contribution in [0.25, 0.3) is 21.7 Å². The maximum atomic E-state index is 12.6. The molecule has 0 aliphatic rings. The first-order valence-electron chi connectivity index (χ1n) is 10.6. The Morgan fingerprint density at radius 1 is 0.647 bits per heavy atom. The number of carbonyl (C=O) groups excluding carboxylic acids is 2. The van der Waals surface area contributed by atoms with Gasteiger partial charge in [0.2, 0.25) is 0 Å². The number of hydrogen-bond donors (Lipinski definition) is 3. The number of benzene rings is 4. The van der Waals surface area contributed by atoms with E-state index in [4.69, 9.17) is 16.6 Å². The number of furan rings is 1. The third kappa shape index (κ3) is 4.65. The summed E-state index contributed by atoms with van der Waals surface area (Å²) >= 11 is 5.31. The normalized spacial score (nSPS) is 10.7. The van der Waals surface area contributed by atoms with Crippen molar-refractivity contribution in [2.24, 2.45) is 0 Å². The maximum Gasteiger partial charge on any atom is 0.291 e. The number of fused-ring (bicyclic) bond motifs is 2. The summed E-state index contributed by atoms with van der Waals surface area (Å²) in [4.78, 5) is 25.2. The first-order valence-corrected chi connectivity index (χ1v) is 11.0. The second-order valence-corrected chi connectivity index (χ2v) is 8.06. The fraction of sp³-hybridized carbons (Fsp3) is 0. The van der Waals surface area contributed by atoms with Gasteiger partial charge in [-0.15, -0.1) is 0 Å². The minimum absolute atomic E-state index is 0.152. The zero-order chi connectivity index (χ0) is 23.5. The Hall–Kier alpha value is -4.49. The zero-order valence-electron chi connectivity index (χ0n) is 17.9. The van der Waals surface area contributed by atoms with Crippen LogP contribution in [0.1, 0.15) is 20.9 Å². The lowest BCUT2D eigenvalue weighted by Gasteiger charge is -2.11. The SMILES string of the molecule is O=C(NC(=S)Nc1cccc(NC(=O)c2cc3ccccc3o2)c1)c1ccc2ccccc2c1. The predicted molar refractivity (Wildman–Crippen MR) is 138 cm³/mol. The molecule has 166 valence electrons. The van der Waals surface area contributed by atoms with Gasteiger partial charge in [0.25, 0.3) is 11.8 Å². The van der Waals surface area contributed by atoms with E-state index in [0.717, 1.165) is 16.2 Å². The monoisotopic (exact) mass is 465 g/mol. The zero-order valence-corrected chi connectivity index (χ0v) is 18.7. The molecule has 1 heterocycles. The first-order chi connectivity index (χ1) is 16.5. The summed E-state index contributed by atoms with van der Waals surface area (Å²) in [5, 5.41) is 11.5. The molecule has 0 spiro atoms. The number of thiocarbonyl (C=S) groups is 1. The molecule has 0 unspecified atom stereocenters. The molecule has 0 bridgehead atoms. The van der Waals surface area contributed by atoms with Crippen LogP contribution in [0.3, 0.4) is 0 Å². The fourth-order valence-corrected chi connectivity index (χ4v) is 3.84. The summed E-state index contributed by atoms with van der Waals surface area (Å²) in [7, 11) is 0. The Balaban J connectivity index is 1.23. The van der Waals surface area contributed by atoms with Crippen LogP contribution >= 0.6 is 12.2 Å². The number of hydrogen-bond acceptors (Lipinski definition) is 4. The Morgan fingerprint density at radius 2 is 1.35 bits per heavy atom. The average Bonchev–Trinajstić information content (AvgIpc) is 3.28. The number of para-hydroxylation sites is 1. The van der Waals surface area contributed by atoms with Crippen molar-refractivity contribution in [1.29, 1.82) is 0 Å². The molecule has 4 aromatic carbocycles. The minimum Gasteiger partial charge on any atom is -0.451 e. The molecule has 6 nitrogen and oxygen atoms in total. The highest BCUT2D eigenvalue weighted by molar-refractivity contribution is 7.80. The van der Waals surface area contributed by atoms with Crippen LogP contribution in [0.5, 0.6) is 0 Å². The molecule has 5 aromatic rings. The molecule has 0 atom stereocenters. The van der Waals surface area contributed by atoms with E-state index in [2.05, 4.69) is 16.0 Å². The van der Waals surface area contributed by atoms with Gasteiger partial charge in [-0.3, -0.25) is 14.9 Å². The van der Waals surface area contributed by atoms with Gasteiger partial charge in [0.15, 0.2) is 10.9 Å². The summed E-state index contributed by atoms with van der Waals surface area (Å²) in [6.07, 6.45) is 0. The predicted octanol–water partition coefficient (Wildman–Crippen LogP) is 5.97. The molecular formula is C27H19N3O3S. The lowest BCUT2D eigenvalue weighted by Crippen LogP contribution is -2.34. The maximum absolute atomic E-state index is 12.6. The largest absolute Gasteiger partial charge is 0.451 e. The molecule has 2 amide bonds. The highest BCUT2D eigenvalue weighted by Crippen LogP contribution is 2.21. The van der Waals surface area contributed by atoms with Crippen molar-refractivity contribution in [2.75, 3.05) is 10.6 Å². The highest BCUT2D eigenvalue weighted by Gasteiger charge is 2.13. The van der Waals surface area contributed by atoms with Crippen LogP contribution in [-0.2, 0) is 0 Å². The van der Waals surface area contributed by atoms with Gasteiger partial charge in [-0.25, -0.2) is 0 Å². The van der Waals surface area contributed by atoms with Gasteiger partial charge in [0.05, 0.1) is 0 Å². The van der Waals surface area contributed by atoms with Gasteiger partial charge < -0.3 is 15.1 Å². The van der Waals surface area contributed by atoms with E-state index in [1.54, 1.807) is 36.4 Å². The Kier molecular flexibility index (Phi) is 5.76. The Morgan fingerprint density at radius 3 is 2.15 bits per heavy atom. The number of amides is 2. The molecule has 0 saturated carbocycles. The van der Waals surface area contributed by atoms with Gasteiger partial charge in [0.1, 0.15) is 5.58 Å². The van der Waals surface area contributed by atoms with E-state index >= 15 is 0 Å². The summed E-state index contributed by atoms with van der Waals surface area (Å²) < 4.78 is 5.61. The van der Waals surface area contributed by atoms with E-state index < -0.39 is 0 Å². The molecule has 0 aliphatic carbocycles. The number of carbonyl (C=O) groups is 2. The molecule has 5 rings (SSSR count). The molecule has 0 aliphatic heterocycles. The van der Waals surface area contributed by atoms with Crippen LogP contribution in [0.15, 0.2) is 101 Å². The van der Waals surface area contributed by atoms with Crippen molar-refractivity contribution in [3.05, 3.63) is 108 Å². The molecule has 0 saturated heterocycles. The van der Waals surface area contributed by atoms with Crippen LogP contribution < -0.4 is 16.0 Å². The summed E-state index contributed by atoms with van der Waals surface area (Å²) in [6.45, 7) is 0. The fourth-order valence-electron chi connectivity index (χ4n) is 3.63.